The van der Waals surface area contributed by atoms with Crippen LogP contribution in [0.15, 0.2) is 60.2 Å². The van der Waals surface area contributed by atoms with Crippen molar-refractivity contribution in [3.05, 3.63) is 76.9 Å². The molecule has 226 valence electrons. The van der Waals surface area contributed by atoms with Crippen LogP contribution in [-0.4, -0.2) is 58.9 Å². The first-order chi connectivity index (χ1) is 20.8. The summed E-state index contributed by atoms with van der Waals surface area (Å²) in [6, 6.07) is 15.8. The van der Waals surface area contributed by atoms with Crippen LogP contribution in [0.2, 0.25) is 0 Å². The van der Waals surface area contributed by atoms with Gasteiger partial charge in [-0.3, -0.25) is 4.79 Å². The van der Waals surface area contributed by atoms with E-state index >= 15 is 0 Å². The quantitative estimate of drug-likeness (QED) is 0.218. The van der Waals surface area contributed by atoms with Crippen molar-refractivity contribution in [2.75, 3.05) is 41.8 Å². The summed E-state index contributed by atoms with van der Waals surface area (Å²) in [7, 11) is 6.11. The topological polar surface area (TPSA) is 128 Å². The standard InChI is InChI=1S/C32H32O11/c1-36-22-10-8-21(9-11-22)32(42-13-5-6-28(33)34)23(14-19-15-26(37-2)30(39-4)27(16-19)38-3)29(31(35)43-32)20-7-12-24-25(17-20)41-18-40-24/h7-12,15-17H,5-6,13-14,18H2,1-4H3,(H,33,34). The number of hydrogen-bond donors (Lipinski definition) is 1. The average Bonchev–Trinajstić information content (AvgIpc) is 3.60. The van der Waals surface area contributed by atoms with Crippen molar-refractivity contribution < 1.29 is 52.6 Å². The van der Waals surface area contributed by atoms with Crippen LogP contribution in [0.25, 0.3) is 5.57 Å². The number of esters is 1. The first-order valence-corrected chi connectivity index (χ1v) is 13.5. The SMILES string of the molecule is COc1ccc(C2(OCCCC(=O)O)OC(=O)C(c3ccc4c(c3)OCO4)=C2Cc2cc(OC)c(OC)c(OC)c2)cc1. The Morgan fingerprint density at radius 3 is 2.21 bits per heavy atom. The number of carbonyl (C=O) groups is 2. The molecule has 2 aliphatic rings. The molecule has 5 rings (SSSR count). The molecule has 2 heterocycles. The number of aliphatic carboxylic acids is 1. The Kier molecular flexibility index (Phi) is 8.63. The zero-order valence-electron chi connectivity index (χ0n) is 24.3. The fraction of sp³-hybridized carbons (Fsp3) is 0.312. The Morgan fingerprint density at radius 2 is 1.58 bits per heavy atom. The summed E-state index contributed by atoms with van der Waals surface area (Å²) in [5, 5.41) is 9.22. The molecule has 0 aromatic heterocycles. The van der Waals surface area contributed by atoms with Crippen LogP contribution in [0, 0.1) is 0 Å². The highest BCUT2D eigenvalue weighted by Gasteiger charge is 2.51. The number of fused-ring (bicyclic) bond motifs is 1. The van der Waals surface area contributed by atoms with Gasteiger partial charge in [0.15, 0.2) is 23.0 Å². The lowest BCUT2D eigenvalue weighted by Crippen LogP contribution is -2.34. The van der Waals surface area contributed by atoms with Gasteiger partial charge in [-0.2, -0.15) is 0 Å². The van der Waals surface area contributed by atoms with Crippen molar-refractivity contribution >= 4 is 17.5 Å². The summed E-state index contributed by atoms with van der Waals surface area (Å²) in [5.74, 6) is -0.315. The smallest absolute Gasteiger partial charge is 0.342 e. The minimum absolute atomic E-state index is 0.00121. The summed E-state index contributed by atoms with van der Waals surface area (Å²) in [4.78, 5) is 25.1. The molecule has 1 N–H and O–H groups in total. The number of benzene rings is 3. The van der Waals surface area contributed by atoms with Gasteiger partial charge in [-0.15, -0.1) is 0 Å². The van der Waals surface area contributed by atoms with E-state index in [-0.39, 0.29) is 38.2 Å². The molecule has 0 aliphatic carbocycles. The highest BCUT2D eigenvalue weighted by atomic mass is 16.7. The first-order valence-electron chi connectivity index (χ1n) is 13.5. The maximum atomic E-state index is 13.9. The van der Waals surface area contributed by atoms with Crippen LogP contribution in [0.1, 0.15) is 29.5 Å². The Balaban J connectivity index is 1.71. The van der Waals surface area contributed by atoms with Crippen LogP contribution >= 0.6 is 0 Å². The zero-order chi connectivity index (χ0) is 30.6. The second-order valence-corrected chi connectivity index (χ2v) is 9.71. The summed E-state index contributed by atoms with van der Waals surface area (Å²) >= 11 is 0. The average molecular weight is 593 g/mol. The van der Waals surface area contributed by atoms with Crippen molar-refractivity contribution in [1.82, 2.24) is 0 Å². The molecule has 11 nitrogen and oxygen atoms in total. The summed E-state index contributed by atoms with van der Waals surface area (Å²) < 4.78 is 45.6. The van der Waals surface area contributed by atoms with Gasteiger partial charge in [-0.05, 0) is 66.1 Å². The van der Waals surface area contributed by atoms with Crippen LogP contribution in [0.4, 0.5) is 0 Å². The molecular weight excluding hydrogens is 560 g/mol. The molecule has 11 heteroatoms. The fourth-order valence-corrected chi connectivity index (χ4v) is 5.20. The number of ether oxygens (including phenoxy) is 8. The number of carboxylic acid groups (broad SMARTS) is 1. The van der Waals surface area contributed by atoms with E-state index in [0.717, 1.165) is 0 Å². The maximum Gasteiger partial charge on any atom is 0.342 e. The number of rotatable bonds is 13. The largest absolute Gasteiger partial charge is 0.497 e. The summed E-state index contributed by atoms with van der Waals surface area (Å²) in [6.45, 7) is 0.0713. The first kappa shape index (κ1) is 29.6. The molecule has 2 aliphatic heterocycles. The van der Waals surface area contributed by atoms with Gasteiger partial charge in [-0.1, -0.05) is 6.07 Å². The van der Waals surface area contributed by atoms with Crippen LogP contribution in [-0.2, 0) is 31.3 Å². The predicted octanol–water partition coefficient (Wildman–Crippen LogP) is 4.74. The van der Waals surface area contributed by atoms with E-state index in [4.69, 9.17) is 37.9 Å². The van der Waals surface area contributed by atoms with Crippen molar-refractivity contribution in [2.24, 2.45) is 0 Å². The van der Waals surface area contributed by atoms with Crippen LogP contribution in [0.3, 0.4) is 0 Å². The molecule has 0 amide bonds. The second-order valence-electron chi connectivity index (χ2n) is 9.71. The zero-order valence-corrected chi connectivity index (χ0v) is 24.3. The summed E-state index contributed by atoms with van der Waals surface area (Å²) in [6.07, 6.45) is 0.242. The predicted molar refractivity (Wildman–Crippen MR) is 153 cm³/mol. The van der Waals surface area contributed by atoms with Gasteiger partial charge >= 0.3 is 11.9 Å². The van der Waals surface area contributed by atoms with Crippen molar-refractivity contribution in [3.63, 3.8) is 0 Å². The van der Waals surface area contributed by atoms with E-state index in [0.29, 0.717) is 56.8 Å². The normalized spacial score (nSPS) is 17.1. The lowest BCUT2D eigenvalue weighted by atomic mass is 9.87. The van der Waals surface area contributed by atoms with Crippen LogP contribution in [0.5, 0.6) is 34.5 Å². The number of cyclic esters (lactones) is 1. The third-order valence-electron chi connectivity index (χ3n) is 7.22. The number of carbonyl (C=O) groups excluding carboxylic acids is 1. The molecular formula is C32H32O11. The number of hydrogen-bond acceptors (Lipinski definition) is 10. The van der Waals surface area contributed by atoms with Crippen LogP contribution < -0.4 is 28.4 Å². The van der Waals surface area contributed by atoms with E-state index < -0.39 is 17.7 Å². The Labute approximate surface area is 248 Å². The lowest BCUT2D eigenvalue weighted by molar-refractivity contribution is -0.209. The Hall–Kier alpha value is -4.90. The van der Waals surface area contributed by atoms with Gasteiger partial charge in [0.1, 0.15) is 5.75 Å². The molecule has 0 saturated carbocycles. The number of carboxylic acids is 1. The maximum absolute atomic E-state index is 13.9. The van der Waals surface area contributed by atoms with Gasteiger partial charge in [0.05, 0.1) is 40.6 Å². The Bertz CT molecular complexity index is 1520. The van der Waals surface area contributed by atoms with E-state index in [9.17, 15) is 14.7 Å². The second kappa shape index (κ2) is 12.5. The minimum atomic E-state index is -1.69. The van der Waals surface area contributed by atoms with Gasteiger partial charge in [-0.25, -0.2) is 4.79 Å². The molecule has 3 aromatic rings. The van der Waals surface area contributed by atoms with Crippen molar-refractivity contribution in [2.45, 2.75) is 25.0 Å². The molecule has 3 aromatic carbocycles. The van der Waals surface area contributed by atoms with Gasteiger partial charge in [0, 0.05) is 24.0 Å². The monoisotopic (exact) mass is 592 g/mol. The summed E-state index contributed by atoms with van der Waals surface area (Å²) in [5.41, 5.74) is 2.55. The van der Waals surface area contributed by atoms with E-state index in [2.05, 4.69) is 0 Å². The minimum Gasteiger partial charge on any atom is -0.497 e. The fourth-order valence-electron chi connectivity index (χ4n) is 5.20. The molecule has 1 unspecified atom stereocenters. The third-order valence-corrected chi connectivity index (χ3v) is 7.22. The van der Waals surface area contributed by atoms with E-state index in [1.165, 1.54) is 21.3 Å². The Morgan fingerprint density at radius 1 is 0.884 bits per heavy atom. The highest BCUT2D eigenvalue weighted by molar-refractivity contribution is 6.20. The molecule has 1 atom stereocenters. The molecule has 0 saturated heterocycles. The lowest BCUT2D eigenvalue weighted by Gasteiger charge is -2.32. The number of methoxy groups -OCH3 is 4. The molecule has 0 spiro atoms. The van der Waals surface area contributed by atoms with Gasteiger partial charge in [0.2, 0.25) is 12.5 Å². The highest BCUT2D eigenvalue weighted by Crippen LogP contribution is 2.50. The molecule has 0 bridgehead atoms. The van der Waals surface area contributed by atoms with E-state index in [1.54, 1.807) is 61.7 Å². The molecule has 0 radical (unpaired) electrons. The van der Waals surface area contributed by atoms with Crippen molar-refractivity contribution in [1.29, 1.82) is 0 Å². The molecule has 43 heavy (non-hydrogen) atoms. The van der Waals surface area contributed by atoms with Crippen molar-refractivity contribution in [3.8, 4) is 34.5 Å². The van der Waals surface area contributed by atoms with Gasteiger partial charge < -0.3 is 43.0 Å². The van der Waals surface area contributed by atoms with E-state index in [1.807, 2.05) is 0 Å². The third kappa shape index (κ3) is 5.76. The molecule has 0 fully saturated rings. The van der Waals surface area contributed by atoms with Gasteiger partial charge in [0.25, 0.3) is 5.79 Å².